The third kappa shape index (κ3) is 2.65. The van der Waals surface area contributed by atoms with Crippen LogP contribution < -0.4 is 19.7 Å². The summed E-state index contributed by atoms with van der Waals surface area (Å²) in [6.45, 7) is 3.94. The summed E-state index contributed by atoms with van der Waals surface area (Å²) in [6.07, 6.45) is 2.13. The Morgan fingerprint density at radius 2 is 2.08 bits per heavy atom. The van der Waals surface area contributed by atoms with E-state index in [2.05, 4.69) is 15.3 Å². The molecule has 0 aliphatic carbocycles. The van der Waals surface area contributed by atoms with E-state index in [-0.39, 0.29) is 17.6 Å². The molecule has 1 aromatic carbocycles. The second kappa shape index (κ2) is 5.44. The van der Waals surface area contributed by atoms with Gasteiger partial charge in [0, 0.05) is 18.6 Å². The third-order valence-electron chi connectivity index (χ3n) is 4.11. The normalized spacial score (nSPS) is 17.9. The summed E-state index contributed by atoms with van der Waals surface area (Å²) in [4.78, 5) is 33.5. The van der Waals surface area contributed by atoms with Crippen LogP contribution in [0.3, 0.4) is 0 Å². The van der Waals surface area contributed by atoms with Crippen molar-refractivity contribution in [3.05, 3.63) is 36.2 Å². The molecule has 25 heavy (non-hydrogen) atoms. The van der Waals surface area contributed by atoms with E-state index in [1.165, 1.54) is 12.4 Å². The minimum atomic E-state index is -0.972. The smallest absolute Gasteiger partial charge is 0.330 e. The van der Waals surface area contributed by atoms with Gasteiger partial charge in [-0.1, -0.05) is 6.07 Å². The lowest BCUT2D eigenvalue weighted by molar-refractivity contribution is -0.121. The van der Waals surface area contributed by atoms with Crippen LogP contribution in [-0.4, -0.2) is 34.1 Å². The molecule has 3 heterocycles. The molecule has 2 aliphatic rings. The molecule has 3 amide bonds. The number of rotatable bonds is 3. The molecular weight excluding hydrogens is 324 g/mol. The number of hydrogen-bond acceptors (Lipinski definition) is 6. The van der Waals surface area contributed by atoms with E-state index in [1.807, 2.05) is 12.1 Å². The number of fused-ring (bicyclic) bond motifs is 1. The van der Waals surface area contributed by atoms with Gasteiger partial charge < -0.3 is 14.8 Å². The molecule has 0 spiro atoms. The van der Waals surface area contributed by atoms with Crippen LogP contribution in [0.5, 0.6) is 17.4 Å². The van der Waals surface area contributed by atoms with Gasteiger partial charge in [0.15, 0.2) is 5.82 Å². The fourth-order valence-electron chi connectivity index (χ4n) is 2.80. The summed E-state index contributed by atoms with van der Waals surface area (Å²) in [5, 5.41) is 2.61. The molecule has 1 aromatic heterocycles. The molecule has 4 rings (SSSR count). The van der Waals surface area contributed by atoms with Crippen LogP contribution in [0.25, 0.3) is 0 Å². The summed E-state index contributed by atoms with van der Waals surface area (Å²) in [6, 6.07) is 6.49. The number of urea groups is 1. The molecule has 0 saturated carbocycles. The van der Waals surface area contributed by atoms with Gasteiger partial charge in [-0.25, -0.2) is 19.7 Å². The number of nitrogens with one attached hydrogen (secondary N) is 1. The molecule has 0 radical (unpaired) electrons. The summed E-state index contributed by atoms with van der Waals surface area (Å²) in [5.41, 5.74) is 0.165. The quantitative estimate of drug-likeness (QED) is 0.860. The molecule has 1 saturated heterocycles. The predicted molar refractivity (Wildman–Crippen MR) is 87.8 cm³/mol. The van der Waals surface area contributed by atoms with Gasteiger partial charge in [0.2, 0.25) is 5.88 Å². The van der Waals surface area contributed by atoms with E-state index in [0.717, 1.165) is 22.6 Å². The highest BCUT2D eigenvalue weighted by atomic mass is 16.5. The average Bonchev–Trinajstić information content (AvgIpc) is 3.09. The first-order valence-electron chi connectivity index (χ1n) is 7.86. The Kier molecular flexibility index (Phi) is 3.34. The van der Waals surface area contributed by atoms with Crippen LogP contribution in [-0.2, 0) is 11.2 Å². The minimum Gasteiger partial charge on any atom is -0.493 e. The van der Waals surface area contributed by atoms with E-state index in [1.54, 1.807) is 19.9 Å². The molecule has 2 aliphatic heterocycles. The van der Waals surface area contributed by atoms with Gasteiger partial charge in [0.05, 0.1) is 6.61 Å². The van der Waals surface area contributed by atoms with E-state index >= 15 is 0 Å². The maximum Gasteiger partial charge on any atom is 0.330 e. The average molecular weight is 340 g/mol. The molecule has 2 aromatic rings. The van der Waals surface area contributed by atoms with Crippen molar-refractivity contribution in [2.45, 2.75) is 25.8 Å². The predicted octanol–water partition coefficient (Wildman–Crippen LogP) is 2.04. The maximum atomic E-state index is 12.4. The highest BCUT2D eigenvalue weighted by Crippen LogP contribution is 2.32. The summed E-state index contributed by atoms with van der Waals surface area (Å²) < 4.78 is 11.2. The molecule has 0 unspecified atom stereocenters. The van der Waals surface area contributed by atoms with Crippen molar-refractivity contribution in [3.63, 3.8) is 0 Å². The fourth-order valence-corrected chi connectivity index (χ4v) is 2.80. The number of carbonyl (C=O) groups excluding carboxylic acids is 2. The zero-order valence-electron chi connectivity index (χ0n) is 13.8. The van der Waals surface area contributed by atoms with E-state index in [0.29, 0.717) is 12.4 Å². The molecule has 128 valence electrons. The van der Waals surface area contributed by atoms with Crippen LogP contribution >= 0.6 is 0 Å². The monoisotopic (exact) mass is 340 g/mol. The van der Waals surface area contributed by atoms with Crippen LogP contribution in [0.1, 0.15) is 19.4 Å². The topological polar surface area (TPSA) is 93.7 Å². The molecule has 8 heteroatoms. The zero-order chi connectivity index (χ0) is 17.6. The number of imide groups is 1. The van der Waals surface area contributed by atoms with Gasteiger partial charge in [-0.3, -0.25) is 4.79 Å². The van der Waals surface area contributed by atoms with Crippen molar-refractivity contribution >= 4 is 17.8 Å². The number of benzene rings is 1. The van der Waals surface area contributed by atoms with Crippen LogP contribution in [0.4, 0.5) is 10.6 Å². The third-order valence-corrected chi connectivity index (χ3v) is 4.11. The zero-order valence-corrected chi connectivity index (χ0v) is 13.8. The van der Waals surface area contributed by atoms with Gasteiger partial charge in [-0.15, -0.1) is 0 Å². The standard InChI is InChI=1S/C17H16N4O4/c1-17(2)15(22)21(16(23)20-17)13-8-14(19-9-18-13)25-11-4-3-10-5-6-24-12(10)7-11/h3-4,7-9H,5-6H2,1-2H3,(H,20,23). The Labute approximate surface area is 143 Å². The van der Waals surface area contributed by atoms with Crippen LogP contribution in [0.15, 0.2) is 30.6 Å². The molecule has 8 nitrogen and oxygen atoms in total. The number of hydrogen-bond donors (Lipinski definition) is 1. The van der Waals surface area contributed by atoms with Gasteiger partial charge >= 0.3 is 6.03 Å². The molecule has 0 atom stereocenters. The molecule has 0 bridgehead atoms. The Morgan fingerprint density at radius 3 is 2.84 bits per heavy atom. The Bertz CT molecular complexity index is 881. The summed E-state index contributed by atoms with van der Waals surface area (Å²) in [5.74, 6) is 1.36. The lowest BCUT2D eigenvalue weighted by Crippen LogP contribution is -2.40. The van der Waals surface area contributed by atoms with Crippen molar-refractivity contribution in [1.29, 1.82) is 0 Å². The Morgan fingerprint density at radius 1 is 1.24 bits per heavy atom. The van der Waals surface area contributed by atoms with Gasteiger partial charge in [-0.05, 0) is 25.5 Å². The van der Waals surface area contributed by atoms with Crippen molar-refractivity contribution in [2.75, 3.05) is 11.5 Å². The second-order valence-electron chi connectivity index (χ2n) is 6.38. The van der Waals surface area contributed by atoms with Gasteiger partial charge in [0.1, 0.15) is 23.4 Å². The SMILES string of the molecule is CC1(C)NC(=O)N(c2cc(Oc3ccc4c(c3)OCC4)ncn2)C1=O. The van der Waals surface area contributed by atoms with Crippen molar-refractivity contribution in [3.8, 4) is 17.4 Å². The van der Waals surface area contributed by atoms with Gasteiger partial charge in [0.25, 0.3) is 5.91 Å². The number of aromatic nitrogens is 2. The number of anilines is 1. The Hall–Kier alpha value is -3.16. The molecular formula is C17H16N4O4. The van der Waals surface area contributed by atoms with Crippen molar-refractivity contribution in [2.24, 2.45) is 0 Å². The lowest BCUT2D eigenvalue weighted by Gasteiger charge is -2.15. The molecule has 1 fully saturated rings. The fraction of sp³-hybridized carbons (Fsp3) is 0.294. The van der Waals surface area contributed by atoms with Crippen LogP contribution in [0.2, 0.25) is 0 Å². The first-order chi connectivity index (χ1) is 11.9. The van der Waals surface area contributed by atoms with Gasteiger partial charge in [-0.2, -0.15) is 0 Å². The lowest BCUT2D eigenvalue weighted by atomic mass is 10.1. The van der Waals surface area contributed by atoms with E-state index < -0.39 is 11.6 Å². The number of ether oxygens (including phenoxy) is 2. The van der Waals surface area contributed by atoms with Crippen LogP contribution in [0, 0.1) is 0 Å². The highest BCUT2D eigenvalue weighted by molar-refractivity contribution is 6.22. The Balaban J connectivity index is 1.60. The number of amides is 3. The largest absolute Gasteiger partial charge is 0.493 e. The van der Waals surface area contributed by atoms with E-state index in [9.17, 15) is 9.59 Å². The minimum absolute atomic E-state index is 0.162. The number of nitrogens with zero attached hydrogens (tertiary/aromatic N) is 3. The second-order valence-corrected chi connectivity index (χ2v) is 6.38. The van der Waals surface area contributed by atoms with Crippen molar-refractivity contribution < 1.29 is 19.1 Å². The first kappa shape index (κ1) is 15.4. The highest BCUT2D eigenvalue weighted by Gasteiger charge is 2.45. The summed E-state index contributed by atoms with van der Waals surface area (Å²) >= 11 is 0. The molecule has 1 N–H and O–H groups in total. The summed E-state index contributed by atoms with van der Waals surface area (Å²) in [7, 11) is 0. The van der Waals surface area contributed by atoms with E-state index in [4.69, 9.17) is 9.47 Å². The van der Waals surface area contributed by atoms with Crippen molar-refractivity contribution in [1.82, 2.24) is 15.3 Å². The first-order valence-corrected chi connectivity index (χ1v) is 7.86. The maximum absolute atomic E-state index is 12.4. The number of carbonyl (C=O) groups is 2.